The first-order valence-electron chi connectivity index (χ1n) is 1.98. The molecule has 0 radical (unpaired) electrons. The second-order valence-corrected chi connectivity index (χ2v) is 1.72. The molecular formula is C5H6NNaS. The second-order valence-electron chi connectivity index (χ2n) is 1.21. The van der Waals surface area contributed by atoms with E-state index in [0.29, 0.717) is 0 Å². The summed E-state index contributed by atoms with van der Waals surface area (Å²) in [4.78, 5) is 4.75. The summed E-state index contributed by atoms with van der Waals surface area (Å²) in [7, 11) is 0. The van der Waals surface area contributed by atoms with E-state index >= 15 is 0 Å². The van der Waals surface area contributed by atoms with Crippen molar-refractivity contribution in [2.45, 2.75) is 4.90 Å². The molecule has 1 rings (SSSR count). The Morgan fingerprint density at radius 1 is 1.25 bits per heavy atom. The molecule has 0 fully saturated rings. The molecule has 0 aliphatic carbocycles. The normalized spacial score (nSPS) is 7.62. The van der Waals surface area contributed by atoms with Crippen molar-refractivity contribution in [1.82, 2.24) is 4.98 Å². The number of thiol groups is 1. The zero-order chi connectivity index (χ0) is 5.11. The van der Waals surface area contributed by atoms with Crippen molar-refractivity contribution in [3.05, 3.63) is 24.5 Å². The van der Waals surface area contributed by atoms with Crippen LogP contribution in [0.3, 0.4) is 0 Å². The Balaban J connectivity index is 0.000000490. The van der Waals surface area contributed by atoms with Crippen molar-refractivity contribution in [3.63, 3.8) is 0 Å². The van der Waals surface area contributed by atoms with Crippen LogP contribution in [-0.4, -0.2) is 34.5 Å². The van der Waals surface area contributed by atoms with Gasteiger partial charge in [-0.1, -0.05) is 0 Å². The summed E-state index contributed by atoms with van der Waals surface area (Å²) >= 11 is 4.04. The van der Waals surface area contributed by atoms with Crippen LogP contribution < -0.4 is 0 Å². The first-order valence-corrected chi connectivity index (χ1v) is 2.43. The molecule has 1 aromatic rings. The molecule has 1 heterocycles. The molecule has 0 amide bonds. The van der Waals surface area contributed by atoms with E-state index in [1.54, 1.807) is 12.4 Å². The van der Waals surface area contributed by atoms with E-state index in [1.165, 1.54) is 0 Å². The molecule has 0 saturated carbocycles. The van der Waals surface area contributed by atoms with Crippen LogP contribution in [0.25, 0.3) is 0 Å². The Hall–Kier alpha value is 0.500. The molecule has 3 heteroatoms. The number of pyridine rings is 1. The Morgan fingerprint density at radius 2 is 1.75 bits per heavy atom. The van der Waals surface area contributed by atoms with Gasteiger partial charge < -0.3 is 0 Å². The van der Waals surface area contributed by atoms with Gasteiger partial charge >= 0.3 is 29.6 Å². The van der Waals surface area contributed by atoms with E-state index < -0.39 is 0 Å². The van der Waals surface area contributed by atoms with Crippen molar-refractivity contribution >= 4 is 42.2 Å². The maximum absolute atomic E-state index is 4.04. The first-order chi connectivity index (χ1) is 3.39. The van der Waals surface area contributed by atoms with Gasteiger partial charge in [-0.25, -0.2) is 0 Å². The van der Waals surface area contributed by atoms with Gasteiger partial charge in [-0.15, -0.1) is 12.6 Å². The van der Waals surface area contributed by atoms with Crippen LogP contribution in [0.4, 0.5) is 0 Å². The van der Waals surface area contributed by atoms with E-state index in [1.807, 2.05) is 12.1 Å². The van der Waals surface area contributed by atoms with Crippen LogP contribution in [0.15, 0.2) is 29.4 Å². The van der Waals surface area contributed by atoms with Gasteiger partial charge in [0.25, 0.3) is 0 Å². The molecule has 0 saturated heterocycles. The summed E-state index contributed by atoms with van der Waals surface area (Å²) in [5.41, 5.74) is 0. The number of hydrogen-bond acceptors (Lipinski definition) is 2. The second kappa shape index (κ2) is 4.39. The number of hydrogen-bond donors (Lipinski definition) is 1. The molecule has 1 nitrogen and oxygen atoms in total. The van der Waals surface area contributed by atoms with Crippen LogP contribution in [0, 0.1) is 0 Å². The van der Waals surface area contributed by atoms with Gasteiger partial charge in [-0.05, 0) is 12.1 Å². The molecule has 0 spiro atoms. The average Bonchev–Trinajstić information content (AvgIpc) is 1.69. The molecule has 38 valence electrons. The monoisotopic (exact) mass is 135 g/mol. The fourth-order valence-corrected chi connectivity index (χ4v) is 0.477. The van der Waals surface area contributed by atoms with E-state index in [-0.39, 0.29) is 29.6 Å². The molecule has 0 aliphatic rings. The fraction of sp³-hybridized carbons (Fsp3) is 0. The van der Waals surface area contributed by atoms with Crippen LogP contribution in [0.5, 0.6) is 0 Å². The van der Waals surface area contributed by atoms with Crippen molar-refractivity contribution in [3.8, 4) is 0 Å². The topological polar surface area (TPSA) is 12.9 Å². The fourth-order valence-electron chi connectivity index (χ4n) is 0.344. The third kappa shape index (κ3) is 2.72. The Labute approximate surface area is 76.2 Å². The standard InChI is InChI=1S/C5H5NS.Na.H/c7-5-1-3-6-4-2-5;;/h1-4H,(H,6,7);;. The van der Waals surface area contributed by atoms with E-state index in [9.17, 15) is 0 Å². The average molecular weight is 135 g/mol. The molecule has 0 aliphatic heterocycles. The molecule has 0 N–H and O–H groups in total. The van der Waals surface area contributed by atoms with Gasteiger partial charge in [-0.2, -0.15) is 0 Å². The van der Waals surface area contributed by atoms with Gasteiger partial charge in [0.1, 0.15) is 0 Å². The summed E-state index contributed by atoms with van der Waals surface area (Å²) in [5, 5.41) is 0. The van der Waals surface area contributed by atoms with Crippen molar-refractivity contribution in [1.29, 1.82) is 0 Å². The summed E-state index contributed by atoms with van der Waals surface area (Å²) in [6.07, 6.45) is 3.42. The van der Waals surface area contributed by atoms with Crippen LogP contribution in [0.1, 0.15) is 0 Å². The van der Waals surface area contributed by atoms with E-state index in [4.69, 9.17) is 0 Å². The van der Waals surface area contributed by atoms with Crippen molar-refractivity contribution in [2.24, 2.45) is 0 Å². The third-order valence-corrected chi connectivity index (χ3v) is 0.961. The number of nitrogens with zero attached hydrogens (tertiary/aromatic N) is 1. The Kier molecular flexibility index (Phi) is 4.66. The van der Waals surface area contributed by atoms with Gasteiger partial charge in [0.05, 0.1) is 0 Å². The SMILES string of the molecule is Sc1ccncc1.[NaH]. The Bertz CT molecular complexity index is 142. The molecule has 8 heavy (non-hydrogen) atoms. The molecule has 0 aromatic carbocycles. The predicted molar refractivity (Wildman–Crippen MR) is 38.6 cm³/mol. The zero-order valence-corrected chi connectivity index (χ0v) is 4.60. The van der Waals surface area contributed by atoms with Gasteiger partial charge in [-0.3, -0.25) is 4.98 Å². The predicted octanol–water partition coefficient (Wildman–Crippen LogP) is 0.722. The molecular weight excluding hydrogens is 129 g/mol. The maximum atomic E-state index is 4.04. The van der Waals surface area contributed by atoms with E-state index in [0.717, 1.165) is 4.90 Å². The first kappa shape index (κ1) is 8.50. The molecule has 0 unspecified atom stereocenters. The summed E-state index contributed by atoms with van der Waals surface area (Å²) in [6.45, 7) is 0. The van der Waals surface area contributed by atoms with Crippen molar-refractivity contribution < 1.29 is 0 Å². The third-order valence-electron chi connectivity index (χ3n) is 0.663. The summed E-state index contributed by atoms with van der Waals surface area (Å²) < 4.78 is 0. The summed E-state index contributed by atoms with van der Waals surface area (Å²) in [5.74, 6) is 0. The van der Waals surface area contributed by atoms with E-state index in [2.05, 4.69) is 17.6 Å². The summed E-state index contributed by atoms with van der Waals surface area (Å²) in [6, 6.07) is 3.67. The van der Waals surface area contributed by atoms with Gasteiger partial charge in [0.15, 0.2) is 0 Å². The zero-order valence-electron chi connectivity index (χ0n) is 3.70. The number of aromatic nitrogens is 1. The van der Waals surface area contributed by atoms with Gasteiger partial charge in [0.2, 0.25) is 0 Å². The Morgan fingerprint density at radius 3 is 2.00 bits per heavy atom. The minimum absolute atomic E-state index is 0. The van der Waals surface area contributed by atoms with Crippen LogP contribution in [0.2, 0.25) is 0 Å². The quantitative estimate of drug-likeness (QED) is 0.408. The van der Waals surface area contributed by atoms with Gasteiger partial charge in [0, 0.05) is 17.3 Å². The van der Waals surface area contributed by atoms with Crippen LogP contribution >= 0.6 is 12.6 Å². The number of rotatable bonds is 0. The van der Waals surface area contributed by atoms with Crippen LogP contribution in [-0.2, 0) is 0 Å². The molecule has 0 bridgehead atoms. The van der Waals surface area contributed by atoms with Crippen molar-refractivity contribution in [2.75, 3.05) is 0 Å². The molecule has 1 aromatic heterocycles. The molecule has 0 atom stereocenters. The minimum atomic E-state index is 0.